The molecule has 1 aromatic carbocycles. The van der Waals surface area contributed by atoms with Gasteiger partial charge < -0.3 is 15.3 Å². The SMILES string of the molecule is CN1CCC[C@@H](Nc2ncc(-c3c(O)cc(C(F)(F)F)cc3Cl)nn2)C1. The molecule has 0 radical (unpaired) electrons. The number of rotatable bonds is 3. The number of phenolic OH excluding ortho intramolecular Hbond substituents is 1. The zero-order chi connectivity index (χ0) is 18.9. The average molecular weight is 388 g/mol. The molecule has 1 saturated heterocycles. The molecule has 1 aliphatic heterocycles. The van der Waals surface area contributed by atoms with Crippen molar-refractivity contribution in [3.8, 4) is 17.0 Å². The van der Waals surface area contributed by atoms with E-state index in [4.69, 9.17) is 11.6 Å². The van der Waals surface area contributed by atoms with E-state index in [0.717, 1.165) is 32.0 Å². The Labute approximate surface area is 153 Å². The van der Waals surface area contributed by atoms with Crippen molar-refractivity contribution in [2.45, 2.75) is 25.1 Å². The third-order valence-corrected chi connectivity index (χ3v) is 4.47. The number of nitrogens with zero attached hydrogens (tertiary/aromatic N) is 4. The van der Waals surface area contributed by atoms with Gasteiger partial charge in [-0.15, -0.1) is 10.2 Å². The molecule has 6 nitrogen and oxygen atoms in total. The Morgan fingerprint density at radius 2 is 2.08 bits per heavy atom. The molecule has 2 aromatic rings. The van der Waals surface area contributed by atoms with Crippen LogP contribution in [0.3, 0.4) is 0 Å². The Bertz CT molecular complexity index is 761. The monoisotopic (exact) mass is 387 g/mol. The van der Waals surface area contributed by atoms with Gasteiger partial charge >= 0.3 is 6.18 Å². The van der Waals surface area contributed by atoms with Crippen molar-refractivity contribution in [2.24, 2.45) is 0 Å². The van der Waals surface area contributed by atoms with Crippen LogP contribution in [-0.2, 0) is 6.18 Å². The van der Waals surface area contributed by atoms with Gasteiger partial charge in [0.15, 0.2) is 0 Å². The first-order chi connectivity index (χ1) is 12.2. The third kappa shape index (κ3) is 4.16. The van der Waals surface area contributed by atoms with Gasteiger partial charge in [0.2, 0.25) is 5.95 Å². The zero-order valence-electron chi connectivity index (χ0n) is 13.9. The lowest BCUT2D eigenvalue weighted by Crippen LogP contribution is -2.40. The molecule has 26 heavy (non-hydrogen) atoms. The van der Waals surface area contributed by atoms with E-state index in [1.807, 2.05) is 7.05 Å². The minimum Gasteiger partial charge on any atom is -0.507 e. The molecule has 0 unspecified atom stereocenters. The molecule has 1 aromatic heterocycles. The summed E-state index contributed by atoms with van der Waals surface area (Å²) in [5.74, 6) is -0.313. The van der Waals surface area contributed by atoms with Crippen LogP contribution >= 0.6 is 11.6 Å². The Morgan fingerprint density at radius 3 is 2.65 bits per heavy atom. The van der Waals surface area contributed by atoms with Crippen molar-refractivity contribution in [1.82, 2.24) is 20.1 Å². The summed E-state index contributed by atoms with van der Waals surface area (Å²) >= 11 is 5.91. The van der Waals surface area contributed by atoms with Crippen LogP contribution in [0.4, 0.5) is 19.1 Å². The molecule has 3 rings (SSSR count). The molecular formula is C16H17ClF3N5O. The number of anilines is 1. The van der Waals surface area contributed by atoms with E-state index >= 15 is 0 Å². The quantitative estimate of drug-likeness (QED) is 0.840. The summed E-state index contributed by atoms with van der Waals surface area (Å²) in [6, 6.07) is 1.54. The number of aromatic nitrogens is 3. The van der Waals surface area contributed by atoms with Crippen LogP contribution in [0.1, 0.15) is 18.4 Å². The van der Waals surface area contributed by atoms with Gasteiger partial charge in [-0.1, -0.05) is 11.6 Å². The molecule has 2 N–H and O–H groups in total. The smallest absolute Gasteiger partial charge is 0.416 e. The first-order valence-corrected chi connectivity index (χ1v) is 8.36. The summed E-state index contributed by atoms with van der Waals surface area (Å²) in [7, 11) is 2.03. The van der Waals surface area contributed by atoms with Crippen molar-refractivity contribution < 1.29 is 18.3 Å². The number of likely N-dealkylation sites (N-methyl/N-ethyl adjacent to an activating group) is 1. The fraction of sp³-hybridized carbons (Fsp3) is 0.438. The molecule has 2 heterocycles. The topological polar surface area (TPSA) is 74.2 Å². The highest BCUT2D eigenvalue weighted by atomic mass is 35.5. The van der Waals surface area contributed by atoms with Gasteiger partial charge in [-0.3, -0.25) is 0 Å². The maximum Gasteiger partial charge on any atom is 0.416 e. The molecule has 1 fully saturated rings. The number of aromatic hydroxyl groups is 1. The van der Waals surface area contributed by atoms with Crippen LogP contribution in [0.2, 0.25) is 5.02 Å². The number of hydrogen-bond donors (Lipinski definition) is 2. The first kappa shape index (κ1) is 18.7. The zero-order valence-corrected chi connectivity index (χ0v) is 14.6. The second kappa shape index (κ2) is 7.24. The predicted octanol–water partition coefficient (Wildman–Crippen LogP) is 3.42. The number of piperidine rings is 1. The normalized spacial score (nSPS) is 18.7. The third-order valence-electron chi connectivity index (χ3n) is 4.17. The highest BCUT2D eigenvalue weighted by Crippen LogP contribution is 2.40. The summed E-state index contributed by atoms with van der Waals surface area (Å²) in [4.78, 5) is 6.33. The molecule has 0 amide bonds. The van der Waals surface area contributed by atoms with Gasteiger partial charge in [-0.25, -0.2) is 4.98 Å². The predicted molar refractivity (Wildman–Crippen MR) is 91.1 cm³/mol. The number of phenols is 1. The standard InChI is InChI=1S/C16H17ClF3N5O/c1-25-4-2-3-10(8-25)22-15-21-7-12(23-24-15)14-11(17)5-9(6-13(14)26)16(18,19)20/h5-7,10,26H,2-4,8H2,1H3,(H,21,22,24)/t10-/m1/s1. The van der Waals surface area contributed by atoms with Crippen molar-refractivity contribution in [3.63, 3.8) is 0 Å². The second-order valence-electron chi connectivity index (χ2n) is 6.26. The first-order valence-electron chi connectivity index (χ1n) is 7.99. The highest BCUT2D eigenvalue weighted by Gasteiger charge is 2.32. The maximum absolute atomic E-state index is 12.8. The Balaban J connectivity index is 1.80. The van der Waals surface area contributed by atoms with E-state index in [1.165, 1.54) is 6.20 Å². The number of alkyl halides is 3. The maximum atomic E-state index is 12.8. The molecular weight excluding hydrogens is 371 g/mol. The van der Waals surface area contributed by atoms with Crippen LogP contribution in [0, 0.1) is 0 Å². The molecule has 0 saturated carbocycles. The van der Waals surface area contributed by atoms with Crippen LogP contribution in [0.15, 0.2) is 18.3 Å². The summed E-state index contributed by atoms with van der Waals surface area (Å²) in [6.07, 6.45) is -1.24. The number of halogens is 4. The van der Waals surface area contributed by atoms with Crippen LogP contribution in [0.5, 0.6) is 5.75 Å². The number of nitrogens with one attached hydrogen (secondary N) is 1. The molecule has 0 spiro atoms. The average Bonchev–Trinajstić information content (AvgIpc) is 2.55. The number of hydrogen-bond acceptors (Lipinski definition) is 6. The lowest BCUT2D eigenvalue weighted by molar-refractivity contribution is -0.137. The lowest BCUT2D eigenvalue weighted by atomic mass is 10.1. The van der Waals surface area contributed by atoms with E-state index in [0.29, 0.717) is 12.0 Å². The fourth-order valence-electron chi connectivity index (χ4n) is 2.93. The minimum absolute atomic E-state index is 0.0383. The van der Waals surface area contributed by atoms with Gasteiger partial charge in [0.1, 0.15) is 11.4 Å². The van der Waals surface area contributed by atoms with Crippen molar-refractivity contribution in [1.29, 1.82) is 0 Å². The van der Waals surface area contributed by atoms with Gasteiger partial charge in [0.05, 0.1) is 22.3 Å². The highest BCUT2D eigenvalue weighted by molar-refractivity contribution is 6.33. The molecule has 10 heteroatoms. The fourth-order valence-corrected chi connectivity index (χ4v) is 3.24. The molecule has 140 valence electrons. The van der Waals surface area contributed by atoms with E-state index in [9.17, 15) is 18.3 Å². The Morgan fingerprint density at radius 1 is 1.31 bits per heavy atom. The Kier molecular flexibility index (Phi) is 5.19. The van der Waals surface area contributed by atoms with Crippen molar-refractivity contribution in [2.75, 3.05) is 25.5 Å². The second-order valence-corrected chi connectivity index (χ2v) is 6.67. The lowest BCUT2D eigenvalue weighted by Gasteiger charge is -2.29. The van der Waals surface area contributed by atoms with E-state index in [1.54, 1.807) is 0 Å². The van der Waals surface area contributed by atoms with E-state index in [2.05, 4.69) is 25.4 Å². The van der Waals surface area contributed by atoms with Gasteiger partial charge in [-0.2, -0.15) is 13.2 Å². The van der Waals surface area contributed by atoms with Crippen LogP contribution in [0.25, 0.3) is 11.3 Å². The summed E-state index contributed by atoms with van der Waals surface area (Å²) in [5.41, 5.74) is -0.986. The van der Waals surface area contributed by atoms with E-state index < -0.39 is 17.5 Å². The van der Waals surface area contributed by atoms with E-state index in [-0.39, 0.29) is 22.3 Å². The Hall–Kier alpha value is -2.13. The minimum atomic E-state index is -4.61. The molecule has 0 aliphatic carbocycles. The van der Waals surface area contributed by atoms with Gasteiger partial charge in [-0.05, 0) is 38.6 Å². The summed E-state index contributed by atoms with van der Waals surface area (Å²) in [5, 5.41) is 20.7. The number of benzene rings is 1. The molecule has 1 atom stereocenters. The largest absolute Gasteiger partial charge is 0.507 e. The molecule has 0 bridgehead atoms. The van der Waals surface area contributed by atoms with Crippen molar-refractivity contribution >= 4 is 17.5 Å². The van der Waals surface area contributed by atoms with Gasteiger partial charge in [0.25, 0.3) is 0 Å². The summed E-state index contributed by atoms with van der Waals surface area (Å²) in [6.45, 7) is 1.90. The van der Waals surface area contributed by atoms with Crippen LogP contribution in [-0.4, -0.2) is 51.4 Å². The number of likely N-dealkylation sites (tertiary alicyclic amines) is 1. The molecule has 1 aliphatic rings. The van der Waals surface area contributed by atoms with Gasteiger partial charge in [0, 0.05) is 12.6 Å². The van der Waals surface area contributed by atoms with Crippen LogP contribution < -0.4 is 5.32 Å². The summed E-state index contributed by atoms with van der Waals surface area (Å²) < 4.78 is 38.3. The van der Waals surface area contributed by atoms with Crippen molar-refractivity contribution in [3.05, 3.63) is 28.9 Å².